The minimum Gasteiger partial charge on any atom is -0.480 e. The van der Waals surface area contributed by atoms with Gasteiger partial charge in [0, 0.05) is 6.92 Å². The quantitative estimate of drug-likeness (QED) is 0.347. The highest BCUT2D eigenvalue weighted by atomic mass is 16.4. The average Bonchev–Trinajstić information content (AvgIpc) is 2.47. The van der Waals surface area contributed by atoms with Gasteiger partial charge in [-0.2, -0.15) is 0 Å². The second-order valence-corrected chi connectivity index (χ2v) is 6.69. The Morgan fingerprint density at radius 3 is 1.76 bits per heavy atom. The fourth-order valence-electron chi connectivity index (χ4n) is 2.18. The molecule has 5 N–H and O–H groups in total. The lowest BCUT2D eigenvalue weighted by atomic mass is 10.00. The molecule has 3 amide bonds. The predicted molar refractivity (Wildman–Crippen MR) is 90.5 cm³/mol. The third-order valence-corrected chi connectivity index (χ3v) is 3.45. The Labute approximate surface area is 147 Å². The van der Waals surface area contributed by atoms with Crippen LogP contribution in [0, 0.1) is 11.8 Å². The molecule has 0 heterocycles. The van der Waals surface area contributed by atoms with E-state index in [1.54, 1.807) is 13.8 Å². The topological polar surface area (TPSA) is 145 Å². The highest BCUT2D eigenvalue weighted by molar-refractivity contribution is 5.93. The van der Waals surface area contributed by atoms with Crippen molar-refractivity contribution in [3.05, 3.63) is 0 Å². The van der Waals surface area contributed by atoms with Crippen LogP contribution in [0.5, 0.6) is 0 Å². The molecule has 0 aromatic rings. The molecule has 0 aromatic heterocycles. The van der Waals surface area contributed by atoms with E-state index in [0.29, 0.717) is 0 Å². The number of hydrogen-bond acceptors (Lipinski definition) is 5. The number of carbonyl (C=O) groups excluding carboxylic acids is 3. The SMILES string of the molecule is CC(=O)N[C@H](CO)C(=O)N[C@@H](CC(C)C)C(=O)N[C@H](C(=O)O)C(C)C. The van der Waals surface area contributed by atoms with Gasteiger partial charge >= 0.3 is 5.97 Å². The molecule has 0 fully saturated rings. The molecule has 0 unspecified atom stereocenters. The maximum atomic E-state index is 12.4. The van der Waals surface area contributed by atoms with Crippen molar-refractivity contribution < 1.29 is 29.4 Å². The Morgan fingerprint density at radius 1 is 0.880 bits per heavy atom. The number of rotatable bonds is 10. The highest BCUT2D eigenvalue weighted by Crippen LogP contribution is 2.08. The number of carboxylic acids is 1. The van der Waals surface area contributed by atoms with Gasteiger partial charge in [-0.25, -0.2) is 4.79 Å². The number of hydrogen-bond donors (Lipinski definition) is 5. The van der Waals surface area contributed by atoms with E-state index >= 15 is 0 Å². The smallest absolute Gasteiger partial charge is 0.326 e. The first-order chi connectivity index (χ1) is 11.5. The lowest BCUT2D eigenvalue weighted by molar-refractivity contribution is -0.143. The lowest BCUT2D eigenvalue weighted by Crippen LogP contribution is -2.57. The van der Waals surface area contributed by atoms with Crippen molar-refractivity contribution in [2.24, 2.45) is 11.8 Å². The molecule has 9 nitrogen and oxygen atoms in total. The van der Waals surface area contributed by atoms with E-state index in [1.165, 1.54) is 6.92 Å². The molecule has 3 atom stereocenters. The van der Waals surface area contributed by atoms with Gasteiger partial charge in [0.1, 0.15) is 18.1 Å². The second-order valence-electron chi connectivity index (χ2n) is 6.69. The first-order valence-corrected chi connectivity index (χ1v) is 8.21. The standard InChI is InChI=1S/C16H29N3O6/c1-8(2)6-11(14(22)19-13(9(3)4)16(24)25)18-15(23)12(7-20)17-10(5)21/h8-9,11-13,20H,6-7H2,1-5H3,(H,17,21)(H,18,23)(H,19,22)(H,24,25)/t11-,12+,13-/m0/s1. The molecule has 0 saturated heterocycles. The van der Waals surface area contributed by atoms with E-state index in [0.717, 1.165) is 0 Å². The van der Waals surface area contributed by atoms with Gasteiger partial charge in [-0.1, -0.05) is 27.7 Å². The Balaban J connectivity index is 5.16. The van der Waals surface area contributed by atoms with E-state index in [2.05, 4.69) is 16.0 Å². The van der Waals surface area contributed by atoms with Crippen molar-refractivity contribution in [1.82, 2.24) is 16.0 Å². The Bertz CT molecular complexity index is 492. The molecular weight excluding hydrogens is 330 g/mol. The molecule has 144 valence electrons. The van der Waals surface area contributed by atoms with Crippen LogP contribution in [-0.4, -0.2) is 58.6 Å². The zero-order valence-electron chi connectivity index (χ0n) is 15.3. The number of nitrogens with one attached hydrogen (secondary N) is 3. The first kappa shape index (κ1) is 22.8. The molecule has 0 aromatic carbocycles. The van der Waals surface area contributed by atoms with Crippen molar-refractivity contribution in [1.29, 1.82) is 0 Å². The number of carboxylic acid groups (broad SMARTS) is 1. The van der Waals surface area contributed by atoms with Gasteiger partial charge in [0.2, 0.25) is 17.7 Å². The molecule has 25 heavy (non-hydrogen) atoms. The lowest BCUT2D eigenvalue weighted by Gasteiger charge is -2.25. The molecule has 0 aliphatic heterocycles. The predicted octanol–water partition coefficient (Wildman–Crippen LogP) is -0.760. The van der Waals surface area contributed by atoms with Crippen LogP contribution in [0.25, 0.3) is 0 Å². The number of carbonyl (C=O) groups is 4. The largest absolute Gasteiger partial charge is 0.480 e. The van der Waals surface area contributed by atoms with Crippen molar-refractivity contribution in [2.75, 3.05) is 6.61 Å². The summed E-state index contributed by atoms with van der Waals surface area (Å²) in [4.78, 5) is 46.9. The van der Waals surface area contributed by atoms with Crippen LogP contribution < -0.4 is 16.0 Å². The first-order valence-electron chi connectivity index (χ1n) is 8.21. The molecule has 0 bridgehead atoms. The number of aliphatic hydroxyl groups excluding tert-OH is 1. The molecular formula is C16H29N3O6. The average molecular weight is 359 g/mol. The van der Waals surface area contributed by atoms with Crippen LogP contribution in [0.1, 0.15) is 41.0 Å². The normalized spacial score (nSPS) is 14.6. The van der Waals surface area contributed by atoms with E-state index in [9.17, 15) is 29.4 Å². The Kier molecular flexibility index (Phi) is 9.73. The van der Waals surface area contributed by atoms with Crippen molar-refractivity contribution in [3.8, 4) is 0 Å². The van der Waals surface area contributed by atoms with Crippen LogP contribution in [0.2, 0.25) is 0 Å². The summed E-state index contributed by atoms with van der Waals surface area (Å²) in [6, 6.07) is -3.24. The van der Waals surface area contributed by atoms with Gasteiger partial charge in [0.15, 0.2) is 0 Å². The van der Waals surface area contributed by atoms with Crippen molar-refractivity contribution in [3.63, 3.8) is 0 Å². The summed E-state index contributed by atoms with van der Waals surface area (Å²) in [7, 11) is 0. The summed E-state index contributed by atoms with van der Waals surface area (Å²) in [5.41, 5.74) is 0. The van der Waals surface area contributed by atoms with Crippen LogP contribution >= 0.6 is 0 Å². The maximum Gasteiger partial charge on any atom is 0.326 e. The zero-order chi connectivity index (χ0) is 19.7. The van der Waals surface area contributed by atoms with Crippen LogP contribution in [0.15, 0.2) is 0 Å². The minimum atomic E-state index is -1.18. The van der Waals surface area contributed by atoms with E-state index in [-0.39, 0.29) is 18.3 Å². The van der Waals surface area contributed by atoms with Gasteiger partial charge in [0.25, 0.3) is 0 Å². The van der Waals surface area contributed by atoms with E-state index in [1.807, 2.05) is 13.8 Å². The highest BCUT2D eigenvalue weighted by Gasteiger charge is 2.30. The van der Waals surface area contributed by atoms with E-state index in [4.69, 9.17) is 0 Å². The fraction of sp³-hybridized carbons (Fsp3) is 0.750. The maximum absolute atomic E-state index is 12.4. The molecule has 0 aliphatic rings. The molecule has 0 radical (unpaired) electrons. The van der Waals surface area contributed by atoms with Crippen molar-refractivity contribution >= 4 is 23.7 Å². The zero-order valence-corrected chi connectivity index (χ0v) is 15.3. The third kappa shape index (κ3) is 8.48. The third-order valence-electron chi connectivity index (χ3n) is 3.45. The molecule has 0 saturated carbocycles. The molecule has 0 rings (SSSR count). The van der Waals surface area contributed by atoms with Crippen molar-refractivity contribution in [2.45, 2.75) is 59.2 Å². The second kappa shape index (κ2) is 10.7. The van der Waals surface area contributed by atoms with Gasteiger partial charge in [-0.15, -0.1) is 0 Å². The van der Waals surface area contributed by atoms with E-state index < -0.39 is 48.4 Å². The summed E-state index contributed by atoms with van der Waals surface area (Å²) >= 11 is 0. The number of amides is 3. The molecule has 9 heteroatoms. The summed E-state index contributed by atoms with van der Waals surface area (Å²) < 4.78 is 0. The summed E-state index contributed by atoms with van der Waals surface area (Å²) in [5, 5.41) is 25.6. The van der Waals surface area contributed by atoms with Crippen LogP contribution in [0.3, 0.4) is 0 Å². The summed E-state index contributed by atoms with van der Waals surface area (Å²) in [5.74, 6) is -3.28. The Morgan fingerprint density at radius 2 is 1.40 bits per heavy atom. The van der Waals surface area contributed by atoms with Crippen LogP contribution in [0.4, 0.5) is 0 Å². The van der Waals surface area contributed by atoms with Gasteiger partial charge < -0.3 is 26.2 Å². The minimum absolute atomic E-state index is 0.0479. The van der Waals surface area contributed by atoms with Gasteiger partial charge in [-0.05, 0) is 18.3 Å². The monoisotopic (exact) mass is 359 g/mol. The Hall–Kier alpha value is -2.16. The summed E-state index contributed by atoms with van der Waals surface area (Å²) in [6.45, 7) is 7.60. The fourth-order valence-corrected chi connectivity index (χ4v) is 2.18. The van der Waals surface area contributed by atoms with Crippen LogP contribution in [-0.2, 0) is 19.2 Å². The number of aliphatic carboxylic acids is 1. The van der Waals surface area contributed by atoms with Gasteiger partial charge in [-0.3, -0.25) is 14.4 Å². The van der Waals surface area contributed by atoms with Gasteiger partial charge in [0.05, 0.1) is 6.61 Å². The summed E-state index contributed by atoms with van der Waals surface area (Å²) in [6.07, 6.45) is 0.278. The number of aliphatic hydroxyl groups is 1. The molecule has 0 aliphatic carbocycles. The molecule has 0 spiro atoms.